The Kier molecular flexibility index (Phi) is 7.48. The van der Waals surface area contributed by atoms with Crippen LogP contribution in [0.5, 0.6) is 0 Å². The molecule has 0 bridgehead atoms. The van der Waals surface area contributed by atoms with Gasteiger partial charge < -0.3 is 20.1 Å². The van der Waals surface area contributed by atoms with Gasteiger partial charge in [-0.3, -0.25) is 9.78 Å². The quantitative estimate of drug-likeness (QED) is 0.271. The van der Waals surface area contributed by atoms with Crippen LogP contribution in [0.1, 0.15) is 52.3 Å². The maximum atomic E-state index is 13.3. The lowest BCUT2D eigenvalue weighted by Crippen LogP contribution is -2.32. The van der Waals surface area contributed by atoms with E-state index in [4.69, 9.17) is 12.2 Å². The van der Waals surface area contributed by atoms with Crippen molar-refractivity contribution < 1.29 is 9.18 Å². The Morgan fingerprint density at radius 3 is 2.54 bits per heavy atom. The van der Waals surface area contributed by atoms with Gasteiger partial charge in [-0.15, -0.1) is 0 Å². The highest BCUT2D eigenvalue weighted by atomic mass is 32.1. The van der Waals surface area contributed by atoms with Crippen LogP contribution in [0.3, 0.4) is 0 Å². The van der Waals surface area contributed by atoms with Crippen molar-refractivity contribution in [2.75, 3.05) is 11.9 Å². The zero-order valence-corrected chi connectivity index (χ0v) is 23.3. The summed E-state index contributed by atoms with van der Waals surface area (Å²) in [5.41, 5.74) is 8.39. The molecule has 0 aliphatic carbocycles. The van der Waals surface area contributed by atoms with Gasteiger partial charge >= 0.3 is 0 Å². The second kappa shape index (κ2) is 11.0. The zero-order valence-electron chi connectivity index (χ0n) is 22.5. The van der Waals surface area contributed by atoms with Crippen LogP contribution >= 0.6 is 12.2 Å². The SMILES string of the molecule is Cc1ccc(C)c(-n2c(C)cc([C@@H]3[C@@H](c4ccccn4)NC(=S)N3CCC(=O)Nc3ccc(F)cc3)c2C)c1. The number of pyridine rings is 1. The number of aromatic nitrogens is 2. The molecule has 0 spiro atoms. The Morgan fingerprint density at radius 2 is 1.82 bits per heavy atom. The molecule has 1 amide bonds. The molecule has 2 atom stereocenters. The van der Waals surface area contributed by atoms with E-state index in [2.05, 4.69) is 77.0 Å². The number of aryl methyl sites for hydroxylation is 3. The van der Waals surface area contributed by atoms with Crippen molar-refractivity contribution in [3.63, 3.8) is 0 Å². The summed E-state index contributed by atoms with van der Waals surface area (Å²) < 4.78 is 15.6. The first-order chi connectivity index (χ1) is 18.7. The van der Waals surface area contributed by atoms with E-state index in [-0.39, 0.29) is 30.2 Å². The Balaban J connectivity index is 1.48. The fourth-order valence-electron chi connectivity index (χ4n) is 5.38. The number of thiocarbonyl (C=S) groups is 1. The van der Waals surface area contributed by atoms with E-state index in [1.165, 1.54) is 23.3 Å². The second-order valence-corrected chi connectivity index (χ2v) is 10.5. The summed E-state index contributed by atoms with van der Waals surface area (Å²) in [6, 6.07) is 20.0. The third kappa shape index (κ3) is 5.43. The lowest BCUT2D eigenvalue weighted by molar-refractivity contribution is -0.116. The Hall–Kier alpha value is -4.04. The standard InChI is InChI=1S/C31H32FN5OS/c1-19-8-9-20(2)27(17-19)37-21(3)18-25(22(37)4)30-29(26-7-5-6-15-33-26)35-31(39)36(30)16-14-28(38)34-24-12-10-23(32)11-13-24/h5-13,15,17-18,29-30H,14,16H2,1-4H3,(H,34,38)(H,35,39)/t29-,30-/m1/s1. The van der Waals surface area contributed by atoms with Crippen molar-refractivity contribution >= 4 is 28.9 Å². The number of hydrogen-bond donors (Lipinski definition) is 2. The Morgan fingerprint density at radius 1 is 1.05 bits per heavy atom. The molecule has 1 fully saturated rings. The number of rotatable bonds is 7. The average Bonchev–Trinajstić information content (AvgIpc) is 3.40. The molecule has 3 heterocycles. The molecule has 1 aliphatic heterocycles. The first-order valence-electron chi connectivity index (χ1n) is 13.0. The van der Waals surface area contributed by atoms with Crippen LogP contribution in [0, 0.1) is 33.5 Å². The van der Waals surface area contributed by atoms with Crippen molar-refractivity contribution in [1.29, 1.82) is 0 Å². The summed E-state index contributed by atoms with van der Waals surface area (Å²) >= 11 is 5.81. The van der Waals surface area contributed by atoms with Crippen LogP contribution in [0.4, 0.5) is 10.1 Å². The van der Waals surface area contributed by atoms with Crippen molar-refractivity contribution in [1.82, 2.24) is 19.8 Å². The number of benzene rings is 2. The molecule has 1 aliphatic rings. The molecule has 6 nitrogen and oxygen atoms in total. The first-order valence-corrected chi connectivity index (χ1v) is 13.4. The highest BCUT2D eigenvalue weighted by Gasteiger charge is 2.41. The number of halogens is 1. The number of nitrogens with zero attached hydrogens (tertiary/aromatic N) is 3. The molecule has 2 aromatic heterocycles. The fourth-order valence-corrected chi connectivity index (χ4v) is 5.71. The molecule has 4 aromatic rings. The van der Waals surface area contributed by atoms with Crippen molar-refractivity contribution in [3.05, 3.63) is 113 Å². The number of amides is 1. The lowest BCUT2D eigenvalue weighted by atomic mass is 9.96. The largest absolute Gasteiger partial charge is 0.352 e. The molecule has 2 N–H and O–H groups in total. The number of hydrogen-bond acceptors (Lipinski definition) is 3. The van der Waals surface area contributed by atoms with E-state index >= 15 is 0 Å². The normalized spacial score (nSPS) is 16.8. The topological polar surface area (TPSA) is 62.2 Å². The third-order valence-corrected chi connectivity index (χ3v) is 7.65. The molecule has 39 heavy (non-hydrogen) atoms. The minimum atomic E-state index is -0.344. The second-order valence-electron chi connectivity index (χ2n) is 10.1. The Labute approximate surface area is 233 Å². The molecule has 0 unspecified atom stereocenters. The van der Waals surface area contributed by atoms with Crippen molar-refractivity contribution in [2.24, 2.45) is 0 Å². The molecule has 5 rings (SSSR count). The molecular formula is C31H32FN5OS. The molecule has 0 radical (unpaired) electrons. The minimum Gasteiger partial charge on any atom is -0.352 e. The van der Waals surface area contributed by atoms with Gasteiger partial charge in [0, 0.05) is 41.9 Å². The molecule has 200 valence electrons. The number of carbonyl (C=O) groups excluding carboxylic acids is 1. The summed E-state index contributed by atoms with van der Waals surface area (Å²) in [6.45, 7) is 8.91. The van der Waals surface area contributed by atoms with Gasteiger partial charge in [0.15, 0.2) is 5.11 Å². The van der Waals surface area contributed by atoms with Crippen molar-refractivity contribution in [3.8, 4) is 5.69 Å². The van der Waals surface area contributed by atoms with Gasteiger partial charge in [-0.05, 0) is 105 Å². The van der Waals surface area contributed by atoms with E-state index in [9.17, 15) is 9.18 Å². The van der Waals surface area contributed by atoms with Crippen LogP contribution in [-0.4, -0.2) is 32.0 Å². The summed E-state index contributed by atoms with van der Waals surface area (Å²) in [5.74, 6) is -0.506. The summed E-state index contributed by atoms with van der Waals surface area (Å²) in [4.78, 5) is 19.6. The monoisotopic (exact) mass is 541 g/mol. The smallest absolute Gasteiger partial charge is 0.226 e. The number of carbonyl (C=O) groups is 1. The molecule has 2 aromatic carbocycles. The zero-order chi connectivity index (χ0) is 27.7. The molecule has 0 saturated carbocycles. The molecule has 8 heteroatoms. The van der Waals surface area contributed by atoms with E-state index < -0.39 is 0 Å². The van der Waals surface area contributed by atoms with Crippen LogP contribution in [-0.2, 0) is 4.79 Å². The number of anilines is 1. The predicted molar refractivity (Wildman–Crippen MR) is 157 cm³/mol. The van der Waals surface area contributed by atoms with E-state index in [1.807, 2.05) is 18.2 Å². The summed E-state index contributed by atoms with van der Waals surface area (Å²) in [5, 5.41) is 6.91. The minimum absolute atomic E-state index is 0.156. The molecule has 1 saturated heterocycles. The van der Waals surface area contributed by atoms with Crippen molar-refractivity contribution in [2.45, 2.75) is 46.2 Å². The highest BCUT2D eigenvalue weighted by molar-refractivity contribution is 7.80. The van der Waals surface area contributed by atoms with Gasteiger partial charge in [-0.2, -0.15) is 0 Å². The predicted octanol–water partition coefficient (Wildman–Crippen LogP) is 6.25. The van der Waals surface area contributed by atoms with E-state index in [0.29, 0.717) is 17.3 Å². The highest BCUT2D eigenvalue weighted by Crippen LogP contribution is 2.41. The van der Waals surface area contributed by atoms with Gasteiger partial charge in [-0.25, -0.2) is 4.39 Å². The van der Waals surface area contributed by atoms with Gasteiger partial charge in [0.1, 0.15) is 5.82 Å². The van der Waals surface area contributed by atoms with Crippen LogP contribution in [0.15, 0.2) is 72.9 Å². The molecular weight excluding hydrogens is 509 g/mol. The van der Waals surface area contributed by atoms with Gasteiger partial charge in [0.05, 0.1) is 17.8 Å². The van der Waals surface area contributed by atoms with E-state index in [1.54, 1.807) is 18.3 Å². The summed E-state index contributed by atoms with van der Waals surface area (Å²) in [6.07, 6.45) is 2.01. The first kappa shape index (κ1) is 26.6. The fraction of sp³-hybridized carbons (Fsp3) is 0.258. The maximum Gasteiger partial charge on any atom is 0.226 e. The Bertz CT molecular complexity index is 1520. The van der Waals surface area contributed by atoms with E-state index in [0.717, 1.165) is 28.3 Å². The van der Waals surface area contributed by atoms with Crippen LogP contribution in [0.25, 0.3) is 5.69 Å². The van der Waals surface area contributed by atoms with Crippen LogP contribution in [0.2, 0.25) is 0 Å². The number of nitrogens with one attached hydrogen (secondary N) is 2. The lowest BCUT2D eigenvalue weighted by Gasteiger charge is -2.28. The van der Waals surface area contributed by atoms with Crippen LogP contribution < -0.4 is 10.6 Å². The van der Waals surface area contributed by atoms with Gasteiger partial charge in [-0.1, -0.05) is 18.2 Å². The maximum absolute atomic E-state index is 13.3. The summed E-state index contributed by atoms with van der Waals surface area (Å²) in [7, 11) is 0. The average molecular weight is 542 g/mol. The van der Waals surface area contributed by atoms with Gasteiger partial charge in [0.2, 0.25) is 5.91 Å². The van der Waals surface area contributed by atoms with Gasteiger partial charge in [0.25, 0.3) is 0 Å². The third-order valence-electron chi connectivity index (χ3n) is 7.30.